The molecule has 120 valence electrons. The molecule has 0 saturated heterocycles. The van der Waals surface area contributed by atoms with Crippen LogP contribution in [0.15, 0.2) is 47.5 Å². The molecule has 0 bridgehead atoms. The second-order valence-electron chi connectivity index (χ2n) is 4.68. The van der Waals surface area contributed by atoms with Crippen LogP contribution in [0.4, 0.5) is 13.2 Å². The van der Waals surface area contributed by atoms with E-state index in [2.05, 4.69) is 4.98 Å². The van der Waals surface area contributed by atoms with Crippen LogP contribution in [-0.4, -0.2) is 14.7 Å². The fourth-order valence-electron chi connectivity index (χ4n) is 1.94. The number of rotatable bonds is 3. The van der Waals surface area contributed by atoms with Gasteiger partial charge in [-0.2, -0.15) is 13.2 Å². The number of benzene rings is 1. The molecular weight excluding hydrogens is 363 g/mol. The average molecular weight is 373 g/mol. The van der Waals surface area contributed by atoms with E-state index in [1.54, 1.807) is 17.5 Å². The van der Waals surface area contributed by atoms with Crippen molar-refractivity contribution in [2.24, 2.45) is 0 Å². The van der Waals surface area contributed by atoms with Crippen LogP contribution in [0.1, 0.15) is 4.88 Å². The molecule has 0 fully saturated rings. The minimum atomic E-state index is -4.74. The lowest BCUT2D eigenvalue weighted by atomic mass is 10.2. The summed E-state index contributed by atoms with van der Waals surface area (Å²) < 4.78 is 48.6. The molecule has 0 aliphatic carbocycles. The number of halogens is 3. The van der Waals surface area contributed by atoms with Gasteiger partial charge in [0.25, 0.3) is 0 Å². The molecule has 0 radical (unpaired) electrons. The summed E-state index contributed by atoms with van der Waals surface area (Å²) in [7, 11) is -3.00. The number of thiophene rings is 1. The van der Waals surface area contributed by atoms with Crippen molar-refractivity contribution in [3.63, 3.8) is 0 Å². The first-order valence-corrected chi connectivity index (χ1v) is 9.24. The number of aromatic nitrogens is 1. The van der Waals surface area contributed by atoms with Gasteiger partial charge < -0.3 is 0 Å². The highest BCUT2D eigenvalue weighted by molar-refractivity contribution is 7.86. The average Bonchev–Trinajstić information content (AvgIpc) is 3.14. The van der Waals surface area contributed by atoms with Gasteiger partial charge in [0.1, 0.15) is 5.01 Å². The van der Waals surface area contributed by atoms with Gasteiger partial charge in [0.2, 0.25) is 0 Å². The van der Waals surface area contributed by atoms with E-state index in [1.165, 1.54) is 40.5 Å². The van der Waals surface area contributed by atoms with Crippen LogP contribution in [0.5, 0.6) is 0 Å². The monoisotopic (exact) mass is 373 g/mol. The Kier molecular flexibility index (Phi) is 4.39. The summed E-state index contributed by atoms with van der Waals surface area (Å²) in [6.07, 6.45) is 1.76. The summed E-state index contributed by atoms with van der Waals surface area (Å²) in [5.41, 5.74) is -4.04. The summed E-state index contributed by atoms with van der Waals surface area (Å²) in [6, 6.07) is 9.54. The van der Waals surface area contributed by atoms with E-state index in [1.807, 2.05) is 19.1 Å². The Morgan fingerprint density at radius 2 is 1.70 bits per heavy atom. The number of aryl methyl sites for hydroxylation is 1. The van der Waals surface area contributed by atoms with Crippen LogP contribution in [0.2, 0.25) is 0 Å². The molecule has 2 nitrogen and oxygen atoms in total. The summed E-state index contributed by atoms with van der Waals surface area (Å²) in [6.45, 7) is 2.02. The van der Waals surface area contributed by atoms with Gasteiger partial charge >= 0.3 is 5.51 Å². The summed E-state index contributed by atoms with van der Waals surface area (Å²) in [5, 5.41) is 0.718. The zero-order valence-electron chi connectivity index (χ0n) is 11.8. The zero-order chi connectivity index (χ0) is 16.6. The Bertz CT molecular complexity index is 849. The van der Waals surface area contributed by atoms with Crippen molar-refractivity contribution in [2.45, 2.75) is 17.3 Å². The third kappa shape index (κ3) is 3.54. The molecule has 0 aliphatic rings. The van der Waals surface area contributed by atoms with Crippen molar-refractivity contribution in [2.75, 3.05) is 0 Å². The first-order chi connectivity index (χ1) is 10.8. The fourth-order valence-corrected chi connectivity index (χ4v) is 4.46. The van der Waals surface area contributed by atoms with Crippen LogP contribution in [0, 0.1) is 6.92 Å². The SMILES string of the molecule is Cc1ccc(-c2cnc(-c3ccc(S(=O)C(F)(F)F)cc3)s2)s1. The molecule has 8 heteroatoms. The third-order valence-electron chi connectivity index (χ3n) is 3.01. The van der Waals surface area contributed by atoms with Crippen molar-refractivity contribution in [1.29, 1.82) is 0 Å². The quantitative estimate of drug-likeness (QED) is 0.609. The second kappa shape index (κ2) is 6.18. The predicted octanol–water partition coefficient (Wildman–Crippen LogP) is 5.47. The van der Waals surface area contributed by atoms with Gasteiger partial charge in [0, 0.05) is 26.4 Å². The smallest absolute Gasteiger partial charge is 0.245 e. The van der Waals surface area contributed by atoms with Crippen LogP contribution in [0.3, 0.4) is 0 Å². The van der Waals surface area contributed by atoms with Gasteiger partial charge in [-0.1, -0.05) is 12.1 Å². The normalized spacial score (nSPS) is 13.2. The Morgan fingerprint density at radius 1 is 1.00 bits per heavy atom. The van der Waals surface area contributed by atoms with E-state index < -0.39 is 16.3 Å². The van der Waals surface area contributed by atoms with E-state index in [4.69, 9.17) is 0 Å². The Balaban J connectivity index is 1.86. The predicted molar refractivity (Wildman–Crippen MR) is 88.1 cm³/mol. The Labute approximate surface area is 141 Å². The molecule has 0 aliphatic heterocycles. The maximum absolute atomic E-state index is 12.4. The molecule has 3 rings (SSSR count). The van der Waals surface area contributed by atoms with Gasteiger partial charge in [-0.05, 0) is 31.2 Å². The van der Waals surface area contributed by atoms with Gasteiger partial charge in [-0.15, -0.1) is 22.7 Å². The van der Waals surface area contributed by atoms with E-state index in [-0.39, 0.29) is 4.90 Å². The lowest BCUT2D eigenvalue weighted by Gasteiger charge is -2.06. The largest absolute Gasteiger partial charge is 0.475 e. The first kappa shape index (κ1) is 16.4. The lowest BCUT2D eigenvalue weighted by Crippen LogP contribution is -2.16. The van der Waals surface area contributed by atoms with Crippen LogP contribution >= 0.6 is 22.7 Å². The van der Waals surface area contributed by atoms with E-state index in [0.29, 0.717) is 5.56 Å². The molecule has 0 N–H and O–H groups in total. The molecule has 2 heterocycles. The van der Waals surface area contributed by atoms with Crippen molar-refractivity contribution >= 4 is 33.5 Å². The molecule has 0 saturated carbocycles. The van der Waals surface area contributed by atoms with Gasteiger partial charge in [0.05, 0.1) is 4.88 Å². The highest BCUT2D eigenvalue weighted by atomic mass is 32.2. The van der Waals surface area contributed by atoms with E-state index >= 15 is 0 Å². The van der Waals surface area contributed by atoms with Crippen molar-refractivity contribution in [3.05, 3.63) is 47.5 Å². The summed E-state index contributed by atoms with van der Waals surface area (Å²) in [4.78, 5) is 7.39. The molecular formula is C15H10F3NOS3. The molecule has 1 aromatic carbocycles. The van der Waals surface area contributed by atoms with Gasteiger partial charge in [0.15, 0.2) is 10.8 Å². The minimum Gasteiger partial charge on any atom is -0.245 e. The molecule has 0 spiro atoms. The Hall–Kier alpha value is -1.51. The number of nitrogens with zero attached hydrogens (tertiary/aromatic N) is 1. The molecule has 0 amide bonds. The fraction of sp³-hybridized carbons (Fsp3) is 0.133. The third-order valence-corrected chi connectivity index (χ3v) is 6.38. The van der Waals surface area contributed by atoms with E-state index in [0.717, 1.165) is 14.8 Å². The highest BCUT2D eigenvalue weighted by Crippen LogP contribution is 2.36. The molecule has 3 aromatic rings. The standard InChI is InChI=1S/C15H10F3NOS3/c1-9-2-7-12(21-9)13-8-19-14(22-13)10-3-5-11(6-4-10)23(20)15(16,17)18/h2-8H,1H3. The van der Waals surface area contributed by atoms with Crippen molar-refractivity contribution < 1.29 is 17.4 Å². The van der Waals surface area contributed by atoms with Crippen molar-refractivity contribution in [3.8, 4) is 20.3 Å². The van der Waals surface area contributed by atoms with Crippen LogP contribution < -0.4 is 0 Å². The molecule has 1 unspecified atom stereocenters. The van der Waals surface area contributed by atoms with Crippen LogP contribution in [-0.2, 0) is 10.8 Å². The maximum atomic E-state index is 12.4. The minimum absolute atomic E-state index is 0.257. The molecule has 2 aromatic heterocycles. The van der Waals surface area contributed by atoms with Crippen molar-refractivity contribution in [1.82, 2.24) is 4.98 Å². The number of alkyl halides is 3. The van der Waals surface area contributed by atoms with E-state index in [9.17, 15) is 17.4 Å². The number of thiazole rings is 1. The summed E-state index contributed by atoms with van der Waals surface area (Å²) >= 11 is 3.14. The lowest BCUT2D eigenvalue weighted by molar-refractivity contribution is -0.0384. The number of hydrogen-bond donors (Lipinski definition) is 0. The second-order valence-corrected chi connectivity index (χ2v) is 8.47. The first-order valence-electron chi connectivity index (χ1n) is 6.46. The maximum Gasteiger partial charge on any atom is 0.475 e. The zero-order valence-corrected chi connectivity index (χ0v) is 14.2. The van der Waals surface area contributed by atoms with Crippen LogP contribution in [0.25, 0.3) is 20.3 Å². The number of hydrogen-bond acceptors (Lipinski definition) is 4. The molecule has 1 atom stereocenters. The van der Waals surface area contributed by atoms with Gasteiger partial charge in [-0.3, -0.25) is 0 Å². The van der Waals surface area contributed by atoms with Gasteiger partial charge in [-0.25, -0.2) is 9.19 Å². The Morgan fingerprint density at radius 3 is 2.26 bits per heavy atom. The highest BCUT2D eigenvalue weighted by Gasteiger charge is 2.37. The summed E-state index contributed by atoms with van der Waals surface area (Å²) in [5.74, 6) is 0. The topological polar surface area (TPSA) is 30.0 Å². The molecule has 23 heavy (non-hydrogen) atoms.